The van der Waals surface area contributed by atoms with Gasteiger partial charge >= 0.3 is 0 Å². The molecule has 1 aliphatic heterocycles. The maximum atomic E-state index is 14.2. The first-order chi connectivity index (χ1) is 25.2. The first-order valence-corrected chi connectivity index (χ1v) is 17.5. The number of primary amides is 1. The number of nitrogens with zero attached hydrogens (tertiary/aromatic N) is 5. The largest absolute Gasteiger partial charge is 0.368 e. The lowest BCUT2D eigenvalue weighted by atomic mass is 10.1. The Kier molecular flexibility index (Phi) is 13.7. The third-order valence-corrected chi connectivity index (χ3v) is 8.89. The first-order valence-electron chi connectivity index (χ1n) is 17.5. The van der Waals surface area contributed by atoms with E-state index in [4.69, 9.17) is 5.73 Å². The predicted octanol–water partition coefficient (Wildman–Crippen LogP) is 3.29. The Morgan fingerprint density at radius 1 is 0.538 bits per heavy atom. The fourth-order valence-corrected chi connectivity index (χ4v) is 6.21. The first kappa shape index (κ1) is 37.4. The minimum absolute atomic E-state index is 0.118. The topological polar surface area (TPSA) is 128 Å². The standard InChI is InChI=1S/C41H46N6O5/c42-37(48)28-45(25-34-16-7-2-8-17-34)41(52)32-47(27-36-20-11-4-12-21-36)40(51)30-44-23-13-22-43(24-33-14-5-1-6-15-33)29-38(49)46(31-39(44)50)26-35-18-9-3-10-19-35/h1-12,14-21H,13,22-32H2,(H2,42,48). The van der Waals surface area contributed by atoms with Gasteiger partial charge in [-0.25, -0.2) is 0 Å². The van der Waals surface area contributed by atoms with E-state index in [-0.39, 0.29) is 70.7 Å². The van der Waals surface area contributed by atoms with Crippen LogP contribution in [-0.4, -0.2) is 99.8 Å². The third kappa shape index (κ3) is 11.6. The number of benzene rings is 4. The lowest BCUT2D eigenvalue weighted by Crippen LogP contribution is -2.52. The van der Waals surface area contributed by atoms with Crippen molar-refractivity contribution in [3.63, 3.8) is 0 Å². The van der Waals surface area contributed by atoms with Gasteiger partial charge in [-0.05, 0) is 28.7 Å². The Balaban J connectivity index is 1.36. The van der Waals surface area contributed by atoms with E-state index in [0.29, 0.717) is 19.5 Å². The van der Waals surface area contributed by atoms with Gasteiger partial charge in [0.25, 0.3) is 0 Å². The Morgan fingerprint density at radius 2 is 1.00 bits per heavy atom. The number of rotatable bonds is 14. The van der Waals surface area contributed by atoms with Gasteiger partial charge in [-0.1, -0.05) is 121 Å². The summed E-state index contributed by atoms with van der Waals surface area (Å²) in [5.74, 6) is -2.07. The number of hydrogen-bond acceptors (Lipinski definition) is 6. The van der Waals surface area contributed by atoms with Gasteiger partial charge in [0.2, 0.25) is 29.5 Å². The molecule has 5 amide bonds. The predicted molar refractivity (Wildman–Crippen MR) is 198 cm³/mol. The zero-order valence-electron chi connectivity index (χ0n) is 29.4. The molecule has 1 heterocycles. The second kappa shape index (κ2) is 19.0. The lowest BCUT2D eigenvalue weighted by molar-refractivity contribution is -0.147. The van der Waals surface area contributed by atoms with E-state index in [0.717, 1.165) is 22.3 Å². The second-order valence-corrected chi connectivity index (χ2v) is 13.0. The van der Waals surface area contributed by atoms with Gasteiger partial charge in [0, 0.05) is 39.3 Å². The number of amides is 5. The van der Waals surface area contributed by atoms with Crippen molar-refractivity contribution in [2.45, 2.75) is 32.6 Å². The Labute approximate surface area is 305 Å². The molecule has 52 heavy (non-hydrogen) atoms. The van der Waals surface area contributed by atoms with E-state index < -0.39 is 17.7 Å². The van der Waals surface area contributed by atoms with Gasteiger partial charge in [-0.3, -0.25) is 28.9 Å². The van der Waals surface area contributed by atoms with Crippen molar-refractivity contribution in [1.29, 1.82) is 0 Å². The molecule has 0 bridgehead atoms. The van der Waals surface area contributed by atoms with Crippen LogP contribution in [0.3, 0.4) is 0 Å². The molecule has 5 rings (SSSR count). The fourth-order valence-electron chi connectivity index (χ4n) is 6.21. The van der Waals surface area contributed by atoms with Crippen LogP contribution in [0.5, 0.6) is 0 Å². The van der Waals surface area contributed by atoms with E-state index in [9.17, 15) is 24.0 Å². The molecule has 0 spiro atoms. The minimum atomic E-state index is -0.667. The molecule has 4 aromatic carbocycles. The molecular formula is C41H46N6O5. The molecule has 4 aromatic rings. The molecule has 1 saturated heterocycles. The van der Waals surface area contributed by atoms with Crippen molar-refractivity contribution in [2.75, 3.05) is 45.8 Å². The van der Waals surface area contributed by atoms with Gasteiger partial charge in [0.15, 0.2) is 0 Å². The molecule has 11 heteroatoms. The summed E-state index contributed by atoms with van der Waals surface area (Å²) in [6, 6.07) is 37.9. The van der Waals surface area contributed by atoms with E-state index in [2.05, 4.69) is 4.90 Å². The number of hydrogen-bond donors (Lipinski definition) is 1. The molecule has 11 nitrogen and oxygen atoms in total. The van der Waals surface area contributed by atoms with Crippen LogP contribution in [0.15, 0.2) is 121 Å². The van der Waals surface area contributed by atoms with Gasteiger partial charge in [0.1, 0.15) is 13.1 Å². The van der Waals surface area contributed by atoms with Crippen molar-refractivity contribution in [3.8, 4) is 0 Å². The van der Waals surface area contributed by atoms with Crippen molar-refractivity contribution in [2.24, 2.45) is 5.73 Å². The molecular weight excluding hydrogens is 656 g/mol. The number of carbonyl (C=O) groups excluding carboxylic acids is 5. The van der Waals surface area contributed by atoms with Crippen LogP contribution in [0.2, 0.25) is 0 Å². The fraction of sp³-hybridized carbons (Fsp3) is 0.293. The summed E-state index contributed by atoms with van der Waals surface area (Å²) < 4.78 is 0. The van der Waals surface area contributed by atoms with Crippen LogP contribution in [0, 0.1) is 0 Å². The summed E-state index contributed by atoms with van der Waals surface area (Å²) >= 11 is 0. The Morgan fingerprint density at radius 3 is 1.52 bits per heavy atom. The second-order valence-electron chi connectivity index (χ2n) is 13.0. The highest BCUT2D eigenvalue weighted by atomic mass is 16.2. The van der Waals surface area contributed by atoms with E-state index in [1.807, 2.05) is 121 Å². The summed E-state index contributed by atoms with van der Waals surface area (Å²) in [5.41, 5.74) is 9.10. The van der Waals surface area contributed by atoms with E-state index in [1.54, 1.807) is 4.90 Å². The van der Waals surface area contributed by atoms with Crippen molar-refractivity contribution >= 4 is 29.5 Å². The number of carbonyl (C=O) groups is 5. The summed E-state index contributed by atoms with van der Waals surface area (Å²) in [4.78, 5) is 75.5. The molecule has 0 saturated carbocycles. The third-order valence-electron chi connectivity index (χ3n) is 8.89. The van der Waals surface area contributed by atoms with Crippen molar-refractivity contribution in [3.05, 3.63) is 144 Å². The summed E-state index contributed by atoms with van der Waals surface area (Å²) in [5, 5.41) is 0. The SMILES string of the molecule is NC(=O)CN(Cc1ccccc1)C(=O)CN(Cc1ccccc1)C(=O)CN1CCCN(Cc2ccccc2)CC(=O)N(Cc2ccccc2)CC1=O. The van der Waals surface area contributed by atoms with Gasteiger partial charge in [-0.15, -0.1) is 0 Å². The monoisotopic (exact) mass is 702 g/mol. The Hall–Kier alpha value is -5.81. The van der Waals surface area contributed by atoms with Gasteiger partial charge < -0.3 is 25.3 Å². The quantitative estimate of drug-likeness (QED) is 0.215. The molecule has 0 unspecified atom stereocenters. The maximum absolute atomic E-state index is 14.2. The van der Waals surface area contributed by atoms with Crippen molar-refractivity contribution in [1.82, 2.24) is 24.5 Å². The van der Waals surface area contributed by atoms with Gasteiger partial charge in [-0.2, -0.15) is 0 Å². The van der Waals surface area contributed by atoms with Crippen LogP contribution in [-0.2, 0) is 50.2 Å². The highest BCUT2D eigenvalue weighted by molar-refractivity contribution is 5.91. The zero-order chi connectivity index (χ0) is 36.7. The molecule has 1 aliphatic rings. The van der Waals surface area contributed by atoms with Crippen LogP contribution >= 0.6 is 0 Å². The lowest BCUT2D eigenvalue weighted by Gasteiger charge is -2.33. The van der Waals surface area contributed by atoms with Crippen LogP contribution in [0.25, 0.3) is 0 Å². The number of nitrogens with two attached hydrogens (primary N) is 1. The van der Waals surface area contributed by atoms with Crippen LogP contribution in [0.4, 0.5) is 0 Å². The highest BCUT2D eigenvalue weighted by Crippen LogP contribution is 2.14. The normalized spacial score (nSPS) is 14.2. The summed E-state index contributed by atoms with van der Waals surface area (Å²) in [7, 11) is 0. The maximum Gasteiger partial charge on any atom is 0.242 e. The average Bonchev–Trinajstić information content (AvgIpc) is 3.14. The van der Waals surface area contributed by atoms with Crippen LogP contribution < -0.4 is 5.73 Å². The van der Waals surface area contributed by atoms with E-state index >= 15 is 0 Å². The molecule has 0 aromatic heterocycles. The average molecular weight is 703 g/mol. The highest BCUT2D eigenvalue weighted by Gasteiger charge is 2.29. The minimum Gasteiger partial charge on any atom is -0.368 e. The van der Waals surface area contributed by atoms with Crippen molar-refractivity contribution < 1.29 is 24.0 Å². The van der Waals surface area contributed by atoms with Gasteiger partial charge in [0.05, 0.1) is 19.6 Å². The van der Waals surface area contributed by atoms with Crippen LogP contribution in [0.1, 0.15) is 28.7 Å². The van der Waals surface area contributed by atoms with E-state index in [1.165, 1.54) is 14.7 Å². The molecule has 0 atom stereocenters. The summed E-state index contributed by atoms with van der Waals surface area (Å²) in [6.45, 7) is 0.957. The molecule has 2 N–H and O–H groups in total. The summed E-state index contributed by atoms with van der Waals surface area (Å²) in [6.07, 6.45) is 0.541. The molecule has 1 fully saturated rings. The molecule has 0 radical (unpaired) electrons. The molecule has 0 aliphatic carbocycles. The zero-order valence-corrected chi connectivity index (χ0v) is 29.4. The Bertz CT molecular complexity index is 1770. The molecule has 270 valence electrons. The smallest absolute Gasteiger partial charge is 0.242 e.